The Morgan fingerprint density at radius 1 is 1.55 bits per heavy atom. The zero-order chi connectivity index (χ0) is 14.6. The van der Waals surface area contributed by atoms with Gasteiger partial charge in [0.15, 0.2) is 0 Å². The van der Waals surface area contributed by atoms with Gasteiger partial charge in [0, 0.05) is 18.8 Å². The Balaban J connectivity index is 2.06. The Morgan fingerprint density at radius 3 is 3.05 bits per heavy atom. The Labute approximate surface area is 121 Å². The third-order valence-corrected chi connectivity index (χ3v) is 3.82. The van der Waals surface area contributed by atoms with Gasteiger partial charge in [0.25, 0.3) is 0 Å². The van der Waals surface area contributed by atoms with E-state index < -0.39 is 0 Å². The standard InChI is InChI=1S/C16H26N2O2/c1-5-16(4)11-13(8-10-19-16)18-14-7-6-9-17-15(14)20-12(2)3/h6-7,9,12-13,18H,5,8,10-11H2,1-4H3. The van der Waals surface area contributed by atoms with E-state index in [4.69, 9.17) is 9.47 Å². The monoisotopic (exact) mass is 278 g/mol. The van der Waals surface area contributed by atoms with Crippen LogP contribution in [0.3, 0.4) is 0 Å². The van der Waals surface area contributed by atoms with Gasteiger partial charge in [0.1, 0.15) is 0 Å². The summed E-state index contributed by atoms with van der Waals surface area (Å²) in [5, 5.41) is 3.58. The van der Waals surface area contributed by atoms with Crippen LogP contribution in [0, 0.1) is 0 Å². The maximum Gasteiger partial charge on any atom is 0.237 e. The third kappa shape index (κ3) is 3.85. The van der Waals surface area contributed by atoms with Crippen LogP contribution in [-0.4, -0.2) is 29.3 Å². The largest absolute Gasteiger partial charge is 0.473 e. The number of pyridine rings is 1. The minimum Gasteiger partial charge on any atom is -0.473 e. The number of anilines is 1. The molecule has 2 atom stereocenters. The molecular weight excluding hydrogens is 252 g/mol. The highest BCUT2D eigenvalue weighted by Gasteiger charge is 2.31. The summed E-state index contributed by atoms with van der Waals surface area (Å²) >= 11 is 0. The fourth-order valence-corrected chi connectivity index (χ4v) is 2.54. The van der Waals surface area contributed by atoms with E-state index in [0.717, 1.165) is 31.6 Å². The quantitative estimate of drug-likeness (QED) is 0.893. The van der Waals surface area contributed by atoms with Crippen molar-refractivity contribution in [2.24, 2.45) is 0 Å². The molecule has 20 heavy (non-hydrogen) atoms. The Hall–Kier alpha value is -1.29. The van der Waals surface area contributed by atoms with Gasteiger partial charge in [-0.1, -0.05) is 6.92 Å². The number of hydrogen-bond acceptors (Lipinski definition) is 4. The van der Waals surface area contributed by atoms with Crippen molar-refractivity contribution in [2.75, 3.05) is 11.9 Å². The first-order valence-corrected chi connectivity index (χ1v) is 7.54. The molecule has 1 aromatic rings. The van der Waals surface area contributed by atoms with E-state index in [1.54, 1.807) is 6.20 Å². The van der Waals surface area contributed by atoms with E-state index in [1.165, 1.54) is 0 Å². The topological polar surface area (TPSA) is 43.4 Å². The van der Waals surface area contributed by atoms with Crippen LogP contribution in [0.15, 0.2) is 18.3 Å². The highest BCUT2D eigenvalue weighted by molar-refractivity contribution is 5.52. The van der Waals surface area contributed by atoms with E-state index >= 15 is 0 Å². The molecule has 1 fully saturated rings. The van der Waals surface area contributed by atoms with Crippen molar-refractivity contribution >= 4 is 5.69 Å². The highest BCUT2D eigenvalue weighted by atomic mass is 16.5. The van der Waals surface area contributed by atoms with Gasteiger partial charge >= 0.3 is 0 Å². The Morgan fingerprint density at radius 2 is 2.35 bits per heavy atom. The van der Waals surface area contributed by atoms with Crippen molar-refractivity contribution < 1.29 is 9.47 Å². The molecule has 1 N–H and O–H groups in total. The van der Waals surface area contributed by atoms with Gasteiger partial charge in [-0.25, -0.2) is 4.98 Å². The second-order valence-electron chi connectivity index (χ2n) is 6.01. The van der Waals surface area contributed by atoms with E-state index in [1.807, 2.05) is 26.0 Å². The average Bonchev–Trinajstić information content (AvgIpc) is 2.41. The molecule has 2 unspecified atom stereocenters. The van der Waals surface area contributed by atoms with Crippen LogP contribution in [0.1, 0.15) is 47.0 Å². The predicted molar refractivity (Wildman–Crippen MR) is 81.3 cm³/mol. The number of nitrogens with zero attached hydrogens (tertiary/aromatic N) is 1. The van der Waals surface area contributed by atoms with E-state index in [2.05, 4.69) is 24.1 Å². The lowest BCUT2D eigenvalue weighted by Gasteiger charge is -2.38. The lowest BCUT2D eigenvalue weighted by atomic mass is 9.90. The molecule has 4 nitrogen and oxygen atoms in total. The SMILES string of the molecule is CCC1(C)CC(Nc2cccnc2OC(C)C)CCO1. The predicted octanol–water partition coefficient (Wildman–Crippen LogP) is 3.63. The summed E-state index contributed by atoms with van der Waals surface area (Å²) in [6.07, 6.45) is 4.96. The van der Waals surface area contributed by atoms with Crippen LogP contribution >= 0.6 is 0 Å². The summed E-state index contributed by atoms with van der Waals surface area (Å²) in [4.78, 5) is 4.32. The van der Waals surface area contributed by atoms with Crippen LogP contribution in [-0.2, 0) is 4.74 Å². The number of ether oxygens (including phenoxy) is 2. The zero-order valence-corrected chi connectivity index (χ0v) is 13.0. The minimum absolute atomic E-state index is 0.0167. The van der Waals surface area contributed by atoms with Crippen LogP contribution in [0.25, 0.3) is 0 Å². The van der Waals surface area contributed by atoms with Gasteiger partial charge in [-0.05, 0) is 52.2 Å². The van der Waals surface area contributed by atoms with Gasteiger partial charge in [0.2, 0.25) is 5.88 Å². The molecule has 0 spiro atoms. The molecule has 2 rings (SSSR count). The summed E-state index contributed by atoms with van der Waals surface area (Å²) < 4.78 is 11.7. The normalized spacial score (nSPS) is 26.6. The first-order valence-electron chi connectivity index (χ1n) is 7.54. The molecule has 0 radical (unpaired) electrons. The van der Waals surface area contributed by atoms with Crippen molar-refractivity contribution in [1.82, 2.24) is 4.98 Å². The van der Waals surface area contributed by atoms with Gasteiger partial charge in [-0.2, -0.15) is 0 Å². The summed E-state index contributed by atoms with van der Waals surface area (Å²) in [7, 11) is 0. The smallest absolute Gasteiger partial charge is 0.237 e. The first kappa shape index (κ1) is 15.1. The highest BCUT2D eigenvalue weighted by Crippen LogP contribution is 2.31. The van der Waals surface area contributed by atoms with Gasteiger partial charge in [0.05, 0.1) is 17.4 Å². The van der Waals surface area contributed by atoms with Crippen molar-refractivity contribution in [3.05, 3.63) is 18.3 Å². The molecule has 4 heteroatoms. The van der Waals surface area contributed by atoms with Crippen LogP contribution in [0.2, 0.25) is 0 Å². The summed E-state index contributed by atoms with van der Waals surface area (Å²) in [6, 6.07) is 4.38. The molecule has 0 bridgehead atoms. The number of nitrogens with one attached hydrogen (secondary N) is 1. The Bertz CT molecular complexity index is 436. The van der Waals surface area contributed by atoms with E-state index in [-0.39, 0.29) is 11.7 Å². The van der Waals surface area contributed by atoms with Crippen molar-refractivity contribution in [2.45, 2.75) is 64.7 Å². The summed E-state index contributed by atoms with van der Waals surface area (Å²) in [6.45, 7) is 9.21. The maximum absolute atomic E-state index is 5.89. The van der Waals surface area contributed by atoms with Gasteiger partial charge in [-0.3, -0.25) is 0 Å². The van der Waals surface area contributed by atoms with E-state index in [9.17, 15) is 0 Å². The van der Waals surface area contributed by atoms with Crippen molar-refractivity contribution in [3.63, 3.8) is 0 Å². The van der Waals surface area contributed by atoms with Gasteiger partial charge < -0.3 is 14.8 Å². The number of hydrogen-bond donors (Lipinski definition) is 1. The second-order valence-corrected chi connectivity index (χ2v) is 6.01. The summed E-state index contributed by atoms with van der Waals surface area (Å²) in [5.41, 5.74) is 0.962. The molecule has 1 aromatic heterocycles. The molecule has 0 amide bonds. The zero-order valence-electron chi connectivity index (χ0n) is 13.0. The van der Waals surface area contributed by atoms with E-state index in [0.29, 0.717) is 11.9 Å². The first-order chi connectivity index (χ1) is 9.52. The molecule has 1 saturated heterocycles. The van der Waals surface area contributed by atoms with Crippen molar-refractivity contribution in [1.29, 1.82) is 0 Å². The summed E-state index contributed by atoms with van der Waals surface area (Å²) in [5.74, 6) is 0.687. The van der Waals surface area contributed by atoms with Crippen LogP contribution in [0.4, 0.5) is 5.69 Å². The molecular formula is C16H26N2O2. The lowest BCUT2D eigenvalue weighted by molar-refractivity contribution is -0.0709. The van der Waals surface area contributed by atoms with Crippen LogP contribution in [0.5, 0.6) is 5.88 Å². The maximum atomic E-state index is 5.89. The Kier molecular flexibility index (Phi) is 4.86. The average molecular weight is 278 g/mol. The fraction of sp³-hybridized carbons (Fsp3) is 0.688. The lowest BCUT2D eigenvalue weighted by Crippen LogP contribution is -2.41. The van der Waals surface area contributed by atoms with Crippen LogP contribution < -0.4 is 10.1 Å². The molecule has 2 heterocycles. The molecule has 1 aliphatic heterocycles. The molecule has 1 aliphatic rings. The van der Waals surface area contributed by atoms with Gasteiger partial charge in [-0.15, -0.1) is 0 Å². The molecule has 0 saturated carbocycles. The molecule has 0 aliphatic carbocycles. The number of aromatic nitrogens is 1. The second kappa shape index (κ2) is 6.44. The molecule has 112 valence electrons. The fourth-order valence-electron chi connectivity index (χ4n) is 2.54. The molecule has 0 aromatic carbocycles. The third-order valence-electron chi connectivity index (χ3n) is 3.82. The minimum atomic E-state index is -0.0167. The van der Waals surface area contributed by atoms with Crippen molar-refractivity contribution in [3.8, 4) is 5.88 Å². The number of rotatable bonds is 5.